The summed E-state index contributed by atoms with van der Waals surface area (Å²) in [7, 11) is 0. The first-order chi connectivity index (χ1) is 7.15. The van der Waals surface area contributed by atoms with E-state index in [0.717, 1.165) is 16.3 Å². The molecule has 84 valence electrons. The first-order valence-electron chi connectivity index (χ1n) is 4.86. The average Bonchev–Trinajstić information content (AvgIpc) is 2.21. The second-order valence-corrected chi connectivity index (χ2v) is 5.12. The standard InChI is InChI=1S/C11H16ClNOS/c1-8(13)11(6-14)15-7-9-4-2-3-5-10(9)12/h2-5,8,11,14H,6-7,13H2,1H3. The van der Waals surface area contributed by atoms with Crippen molar-refractivity contribution >= 4 is 23.4 Å². The van der Waals surface area contributed by atoms with E-state index in [2.05, 4.69) is 0 Å². The molecule has 1 aromatic rings. The molecule has 3 N–H and O–H groups in total. The van der Waals surface area contributed by atoms with Crippen LogP contribution in [0.25, 0.3) is 0 Å². The zero-order chi connectivity index (χ0) is 11.3. The minimum Gasteiger partial charge on any atom is -0.395 e. The summed E-state index contributed by atoms with van der Waals surface area (Å²) in [6.07, 6.45) is 0. The second-order valence-electron chi connectivity index (χ2n) is 3.48. The molecule has 1 rings (SSSR count). The van der Waals surface area contributed by atoms with Crippen LogP contribution >= 0.6 is 23.4 Å². The van der Waals surface area contributed by atoms with E-state index in [1.165, 1.54) is 0 Å². The Labute approximate surface area is 99.8 Å². The molecule has 0 bridgehead atoms. The van der Waals surface area contributed by atoms with Crippen LogP contribution in [0, 0.1) is 0 Å². The van der Waals surface area contributed by atoms with Gasteiger partial charge in [-0.05, 0) is 18.6 Å². The highest BCUT2D eigenvalue weighted by Crippen LogP contribution is 2.24. The molecule has 0 aromatic heterocycles. The number of aliphatic hydroxyl groups excluding tert-OH is 1. The number of benzene rings is 1. The fraction of sp³-hybridized carbons (Fsp3) is 0.455. The number of aliphatic hydroxyl groups is 1. The predicted molar refractivity (Wildman–Crippen MR) is 67.3 cm³/mol. The van der Waals surface area contributed by atoms with Crippen molar-refractivity contribution in [2.24, 2.45) is 5.73 Å². The molecule has 15 heavy (non-hydrogen) atoms. The monoisotopic (exact) mass is 245 g/mol. The van der Waals surface area contributed by atoms with Crippen LogP contribution in [0.2, 0.25) is 5.02 Å². The zero-order valence-corrected chi connectivity index (χ0v) is 10.3. The Kier molecular flexibility index (Phi) is 5.47. The van der Waals surface area contributed by atoms with Gasteiger partial charge in [0, 0.05) is 22.1 Å². The van der Waals surface area contributed by atoms with E-state index in [0.29, 0.717) is 0 Å². The van der Waals surface area contributed by atoms with E-state index in [1.54, 1.807) is 11.8 Å². The Morgan fingerprint density at radius 3 is 2.67 bits per heavy atom. The van der Waals surface area contributed by atoms with Crippen molar-refractivity contribution in [3.63, 3.8) is 0 Å². The molecule has 0 aliphatic carbocycles. The van der Waals surface area contributed by atoms with E-state index in [1.807, 2.05) is 31.2 Å². The number of rotatable bonds is 5. The molecule has 4 heteroatoms. The van der Waals surface area contributed by atoms with Crippen LogP contribution in [-0.4, -0.2) is 23.0 Å². The maximum atomic E-state index is 9.11. The Morgan fingerprint density at radius 1 is 1.47 bits per heavy atom. The molecule has 0 aliphatic rings. The highest BCUT2D eigenvalue weighted by Gasteiger charge is 2.13. The van der Waals surface area contributed by atoms with Gasteiger partial charge in [-0.3, -0.25) is 0 Å². The van der Waals surface area contributed by atoms with Gasteiger partial charge in [0.05, 0.1) is 6.61 Å². The molecule has 2 atom stereocenters. The van der Waals surface area contributed by atoms with Gasteiger partial charge in [0.1, 0.15) is 0 Å². The average molecular weight is 246 g/mol. The van der Waals surface area contributed by atoms with Crippen molar-refractivity contribution in [2.75, 3.05) is 6.61 Å². The predicted octanol–water partition coefficient (Wildman–Crippen LogP) is 2.28. The third-order valence-electron chi connectivity index (χ3n) is 2.18. The Hall–Kier alpha value is -0.220. The lowest BCUT2D eigenvalue weighted by atomic mass is 10.2. The summed E-state index contributed by atoms with van der Waals surface area (Å²) < 4.78 is 0. The smallest absolute Gasteiger partial charge is 0.0565 e. The van der Waals surface area contributed by atoms with Crippen molar-refractivity contribution in [3.8, 4) is 0 Å². The van der Waals surface area contributed by atoms with E-state index in [4.69, 9.17) is 22.4 Å². The lowest BCUT2D eigenvalue weighted by Gasteiger charge is -2.17. The molecule has 0 spiro atoms. The molecule has 0 saturated heterocycles. The van der Waals surface area contributed by atoms with E-state index in [9.17, 15) is 0 Å². The maximum Gasteiger partial charge on any atom is 0.0565 e. The molecule has 0 aliphatic heterocycles. The van der Waals surface area contributed by atoms with Gasteiger partial charge in [0.15, 0.2) is 0 Å². The molecule has 0 saturated carbocycles. The summed E-state index contributed by atoms with van der Waals surface area (Å²) in [5.41, 5.74) is 6.82. The molecular formula is C11H16ClNOS. The van der Waals surface area contributed by atoms with Crippen LogP contribution in [-0.2, 0) is 5.75 Å². The zero-order valence-electron chi connectivity index (χ0n) is 8.69. The summed E-state index contributed by atoms with van der Waals surface area (Å²) in [5, 5.41) is 9.95. The quantitative estimate of drug-likeness (QED) is 0.837. The van der Waals surface area contributed by atoms with Crippen LogP contribution in [0.4, 0.5) is 0 Å². The Bertz CT molecular complexity index is 306. The summed E-state index contributed by atoms with van der Waals surface area (Å²) in [5.74, 6) is 0.784. The molecule has 0 amide bonds. The first-order valence-corrected chi connectivity index (χ1v) is 6.29. The van der Waals surface area contributed by atoms with E-state index in [-0.39, 0.29) is 17.9 Å². The summed E-state index contributed by atoms with van der Waals surface area (Å²) in [4.78, 5) is 0. The molecule has 1 aromatic carbocycles. The van der Waals surface area contributed by atoms with Crippen LogP contribution in [0.15, 0.2) is 24.3 Å². The molecule has 0 radical (unpaired) electrons. The molecule has 2 unspecified atom stereocenters. The fourth-order valence-corrected chi connectivity index (χ4v) is 2.52. The Morgan fingerprint density at radius 2 is 2.13 bits per heavy atom. The first kappa shape index (κ1) is 12.8. The second kappa shape index (κ2) is 6.38. The van der Waals surface area contributed by atoms with Gasteiger partial charge < -0.3 is 10.8 Å². The van der Waals surface area contributed by atoms with Gasteiger partial charge in [0.2, 0.25) is 0 Å². The minimum absolute atomic E-state index is 0.0116. The van der Waals surface area contributed by atoms with Gasteiger partial charge in [-0.15, -0.1) is 11.8 Å². The molecule has 0 fully saturated rings. The Balaban J connectivity index is 2.53. The SMILES string of the molecule is CC(N)C(CO)SCc1ccccc1Cl. The largest absolute Gasteiger partial charge is 0.395 e. The molecule has 2 nitrogen and oxygen atoms in total. The van der Waals surface area contributed by atoms with E-state index < -0.39 is 0 Å². The van der Waals surface area contributed by atoms with Crippen LogP contribution in [0.1, 0.15) is 12.5 Å². The number of nitrogens with two attached hydrogens (primary N) is 1. The van der Waals surface area contributed by atoms with Gasteiger partial charge in [-0.1, -0.05) is 29.8 Å². The number of halogens is 1. The fourth-order valence-electron chi connectivity index (χ4n) is 1.18. The molecule has 0 heterocycles. The third-order valence-corrected chi connectivity index (χ3v) is 4.03. The topological polar surface area (TPSA) is 46.2 Å². The van der Waals surface area contributed by atoms with E-state index >= 15 is 0 Å². The lowest BCUT2D eigenvalue weighted by Crippen LogP contribution is -2.31. The highest BCUT2D eigenvalue weighted by atomic mass is 35.5. The summed E-state index contributed by atoms with van der Waals surface area (Å²) in [6.45, 7) is 2.01. The van der Waals surface area contributed by atoms with Gasteiger partial charge >= 0.3 is 0 Å². The van der Waals surface area contributed by atoms with Crippen molar-refractivity contribution < 1.29 is 5.11 Å². The maximum absolute atomic E-state index is 9.11. The number of thioether (sulfide) groups is 1. The van der Waals surface area contributed by atoms with Crippen LogP contribution < -0.4 is 5.73 Å². The van der Waals surface area contributed by atoms with Gasteiger partial charge in [-0.25, -0.2) is 0 Å². The number of hydrogen-bond donors (Lipinski definition) is 2. The summed E-state index contributed by atoms with van der Waals surface area (Å²) in [6, 6.07) is 7.72. The minimum atomic E-state index is -0.0116. The normalized spacial score (nSPS) is 14.9. The summed E-state index contributed by atoms with van der Waals surface area (Å²) >= 11 is 7.66. The molecular weight excluding hydrogens is 230 g/mol. The van der Waals surface area contributed by atoms with Crippen LogP contribution in [0.3, 0.4) is 0 Å². The lowest BCUT2D eigenvalue weighted by molar-refractivity contribution is 0.285. The number of hydrogen-bond acceptors (Lipinski definition) is 3. The third kappa shape index (κ3) is 4.03. The van der Waals surface area contributed by atoms with Crippen LogP contribution in [0.5, 0.6) is 0 Å². The highest BCUT2D eigenvalue weighted by molar-refractivity contribution is 7.99. The van der Waals surface area contributed by atoms with Crippen molar-refractivity contribution in [1.29, 1.82) is 0 Å². The van der Waals surface area contributed by atoms with Gasteiger partial charge in [0.25, 0.3) is 0 Å². The van der Waals surface area contributed by atoms with Crippen molar-refractivity contribution in [3.05, 3.63) is 34.9 Å². The van der Waals surface area contributed by atoms with Crippen molar-refractivity contribution in [1.82, 2.24) is 0 Å². The van der Waals surface area contributed by atoms with Gasteiger partial charge in [-0.2, -0.15) is 0 Å². The van der Waals surface area contributed by atoms with Crippen molar-refractivity contribution in [2.45, 2.75) is 24.0 Å².